The van der Waals surface area contributed by atoms with E-state index in [-0.39, 0.29) is 5.91 Å². The standard InChI is InChI=1S/C14H17N3O2S2/c1-3-9-20-14-17-16-13(21-14)15-12(18)10-7-5-6-8-11(10)19-4-2/h5-8H,3-4,9H2,1-2H3,(H,15,16,18). The van der Waals surface area contributed by atoms with Gasteiger partial charge in [-0.3, -0.25) is 10.1 Å². The number of hydrogen-bond donors (Lipinski definition) is 1. The third-order valence-corrected chi connectivity index (χ3v) is 4.67. The van der Waals surface area contributed by atoms with Crippen LogP contribution in [0.1, 0.15) is 30.6 Å². The summed E-state index contributed by atoms with van der Waals surface area (Å²) in [5.41, 5.74) is 0.498. The molecule has 0 spiro atoms. The number of benzene rings is 1. The van der Waals surface area contributed by atoms with Gasteiger partial charge in [-0.15, -0.1) is 10.2 Å². The zero-order chi connectivity index (χ0) is 15.1. The lowest BCUT2D eigenvalue weighted by Crippen LogP contribution is -2.13. The monoisotopic (exact) mass is 323 g/mol. The zero-order valence-electron chi connectivity index (χ0n) is 12.0. The number of para-hydroxylation sites is 1. The number of anilines is 1. The van der Waals surface area contributed by atoms with Gasteiger partial charge in [0.25, 0.3) is 5.91 Å². The fraction of sp³-hybridized carbons (Fsp3) is 0.357. The van der Waals surface area contributed by atoms with E-state index in [4.69, 9.17) is 4.74 Å². The Labute approximate surface area is 132 Å². The summed E-state index contributed by atoms with van der Waals surface area (Å²) in [7, 11) is 0. The molecule has 1 heterocycles. The van der Waals surface area contributed by atoms with Gasteiger partial charge in [-0.25, -0.2) is 0 Å². The SMILES string of the molecule is CCCSc1nnc(NC(=O)c2ccccc2OCC)s1. The molecular weight excluding hydrogens is 306 g/mol. The third kappa shape index (κ3) is 4.44. The van der Waals surface area contributed by atoms with Crippen molar-refractivity contribution in [2.45, 2.75) is 24.6 Å². The molecule has 1 N–H and O–H groups in total. The van der Waals surface area contributed by atoms with Crippen molar-refractivity contribution in [1.82, 2.24) is 10.2 Å². The molecule has 1 amide bonds. The van der Waals surface area contributed by atoms with E-state index < -0.39 is 0 Å². The Morgan fingerprint density at radius 1 is 1.33 bits per heavy atom. The molecule has 0 fully saturated rings. The molecule has 21 heavy (non-hydrogen) atoms. The van der Waals surface area contributed by atoms with Gasteiger partial charge >= 0.3 is 0 Å². The predicted octanol–water partition coefficient (Wildman–Crippen LogP) is 3.69. The second-order valence-corrected chi connectivity index (χ2v) is 6.42. The Balaban J connectivity index is 2.05. The summed E-state index contributed by atoms with van der Waals surface area (Å²) >= 11 is 3.03. The van der Waals surface area contributed by atoms with Gasteiger partial charge in [0.2, 0.25) is 5.13 Å². The summed E-state index contributed by atoms with van der Waals surface area (Å²) in [4.78, 5) is 12.3. The lowest BCUT2D eigenvalue weighted by molar-refractivity contribution is 0.102. The summed E-state index contributed by atoms with van der Waals surface area (Å²) in [5, 5.41) is 11.3. The smallest absolute Gasteiger partial charge is 0.261 e. The minimum Gasteiger partial charge on any atom is -0.493 e. The Morgan fingerprint density at radius 2 is 2.14 bits per heavy atom. The van der Waals surface area contributed by atoms with Crippen LogP contribution in [-0.2, 0) is 0 Å². The Bertz CT molecular complexity index is 601. The van der Waals surface area contributed by atoms with Gasteiger partial charge in [-0.1, -0.05) is 42.2 Å². The Kier molecular flexibility index (Phi) is 6.01. The molecule has 7 heteroatoms. The first-order valence-corrected chi connectivity index (χ1v) is 8.54. The normalized spacial score (nSPS) is 10.4. The minimum atomic E-state index is -0.234. The van der Waals surface area contributed by atoms with E-state index in [9.17, 15) is 4.79 Å². The van der Waals surface area contributed by atoms with Gasteiger partial charge in [0, 0.05) is 5.75 Å². The average molecular weight is 323 g/mol. The first-order valence-electron chi connectivity index (χ1n) is 6.74. The van der Waals surface area contributed by atoms with Crippen LogP contribution in [0.3, 0.4) is 0 Å². The fourth-order valence-electron chi connectivity index (χ4n) is 1.61. The largest absolute Gasteiger partial charge is 0.493 e. The van der Waals surface area contributed by atoms with E-state index >= 15 is 0 Å². The molecule has 0 saturated carbocycles. The summed E-state index contributed by atoms with van der Waals surface area (Å²) in [6.07, 6.45) is 1.08. The van der Waals surface area contributed by atoms with Crippen molar-refractivity contribution >= 4 is 34.1 Å². The van der Waals surface area contributed by atoms with Crippen LogP contribution in [0.25, 0.3) is 0 Å². The summed E-state index contributed by atoms with van der Waals surface area (Å²) < 4.78 is 6.32. The molecule has 0 atom stereocenters. The topological polar surface area (TPSA) is 64.1 Å². The first kappa shape index (κ1) is 15.8. The van der Waals surface area contributed by atoms with E-state index in [0.29, 0.717) is 23.1 Å². The zero-order valence-corrected chi connectivity index (χ0v) is 13.6. The van der Waals surface area contributed by atoms with E-state index in [2.05, 4.69) is 22.4 Å². The minimum absolute atomic E-state index is 0.234. The molecule has 2 aromatic rings. The number of aromatic nitrogens is 2. The van der Waals surface area contributed by atoms with Crippen molar-refractivity contribution in [2.24, 2.45) is 0 Å². The Hall–Kier alpha value is -1.60. The maximum atomic E-state index is 12.3. The van der Waals surface area contributed by atoms with Gasteiger partial charge in [0.05, 0.1) is 12.2 Å². The second kappa shape index (κ2) is 7.99. The lowest BCUT2D eigenvalue weighted by Gasteiger charge is -2.08. The van der Waals surface area contributed by atoms with E-state index in [0.717, 1.165) is 16.5 Å². The number of thioether (sulfide) groups is 1. The highest BCUT2D eigenvalue weighted by molar-refractivity contribution is 8.01. The molecule has 2 rings (SSSR count). The third-order valence-electron chi connectivity index (χ3n) is 2.49. The molecule has 0 radical (unpaired) electrons. The van der Waals surface area contributed by atoms with Gasteiger partial charge in [-0.05, 0) is 25.5 Å². The lowest BCUT2D eigenvalue weighted by atomic mass is 10.2. The number of rotatable bonds is 7. The quantitative estimate of drug-likeness (QED) is 0.622. The van der Waals surface area contributed by atoms with Gasteiger partial charge in [-0.2, -0.15) is 0 Å². The highest BCUT2D eigenvalue weighted by Crippen LogP contribution is 2.27. The summed E-state index contributed by atoms with van der Waals surface area (Å²) in [6.45, 7) is 4.51. The van der Waals surface area contributed by atoms with E-state index in [1.165, 1.54) is 11.3 Å². The molecule has 5 nitrogen and oxygen atoms in total. The van der Waals surface area contributed by atoms with Crippen molar-refractivity contribution in [3.63, 3.8) is 0 Å². The number of hydrogen-bond acceptors (Lipinski definition) is 6. The predicted molar refractivity (Wildman–Crippen MR) is 86.5 cm³/mol. The van der Waals surface area contributed by atoms with Crippen LogP contribution in [-0.4, -0.2) is 28.5 Å². The van der Waals surface area contributed by atoms with E-state index in [1.54, 1.807) is 30.0 Å². The average Bonchev–Trinajstić information content (AvgIpc) is 2.93. The molecule has 0 bridgehead atoms. The van der Waals surface area contributed by atoms with Crippen molar-refractivity contribution < 1.29 is 9.53 Å². The number of ether oxygens (including phenoxy) is 1. The molecule has 1 aromatic heterocycles. The van der Waals surface area contributed by atoms with Gasteiger partial charge in [0.15, 0.2) is 4.34 Å². The van der Waals surface area contributed by atoms with Crippen LogP contribution in [0.15, 0.2) is 28.6 Å². The van der Waals surface area contributed by atoms with Crippen molar-refractivity contribution in [1.29, 1.82) is 0 Å². The highest BCUT2D eigenvalue weighted by atomic mass is 32.2. The molecule has 0 aliphatic heterocycles. The Morgan fingerprint density at radius 3 is 2.90 bits per heavy atom. The number of carbonyl (C=O) groups is 1. The number of nitrogens with one attached hydrogen (secondary N) is 1. The second-order valence-electron chi connectivity index (χ2n) is 4.10. The molecule has 0 aliphatic rings. The molecule has 0 aliphatic carbocycles. The number of carbonyl (C=O) groups excluding carboxylic acids is 1. The first-order chi connectivity index (χ1) is 10.2. The maximum Gasteiger partial charge on any atom is 0.261 e. The van der Waals surface area contributed by atoms with Crippen molar-refractivity contribution in [2.75, 3.05) is 17.7 Å². The van der Waals surface area contributed by atoms with E-state index in [1.807, 2.05) is 13.0 Å². The van der Waals surface area contributed by atoms with Crippen LogP contribution in [0.4, 0.5) is 5.13 Å². The molecule has 0 unspecified atom stereocenters. The summed E-state index contributed by atoms with van der Waals surface area (Å²) in [6, 6.07) is 7.15. The van der Waals surface area contributed by atoms with Crippen LogP contribution >= 0.6 is 23.1 Å². The van der Waals surface area contributed by atoms with Crippen LogP contribution in [0.5, 0.6) is 5.75 Å². The van der Waals surface area contributed by atoms with Crippen LogP contribution in [0, 0.1) is 0 Å². The molecule has 0 saturated heterocycles. The molecular formula is C14H17N3O2S2. The van der Waals surface area contributed by atoms with Gasteiger partial charge < -0.3 is 4.74 Å². The number of nitrogens with zero attached hydrogens (tertiary/aromatic N) is 2. The van der Waals surface area contributed by atoms with Crippen LogP contribution < -0.4 is 10.1 Å². The maximum absolute atomic E-state index is 12.3. The molecule has 112 valence electrons. The summed E-state index contributed by atoms with van der Waals surface area (Å²) in [5.74, 6) is 1.33. The van der Waals surface area contributed by atoms with Crippen molar-refractivity contribution in [3.8, 4) is 5.75 Å². The highest BCUT2D eigenvalue weighted by Gasteiger charge is 2.14. The number of amides is 1. The fourth-order valence-corrected chi connectivity index (χ4v) is 3.28. The van der Waals surface area contributed by atoms with Gasteiger partial charge in [0.1, 0.15) is 5.75 Å². The van der Waals surface area contributed by atoms with Crippen molar-refractivity contribution in [3.05, 3.63) is 29.8 Å². The molecule has 1 aromatic carbocycles. The van der Waals surface area contributed by atoms with Crippen LogP contribution in [0.2, 0.25) is 0 Å².